The minimum absolute atomic E-state index is 0.105. The van der Waals surface area contributed by atoms with Crippen LogP contribution in [-0.4, -0.2) is 17.9 Å². The third kappa shape index (κ3) is 2.53. The minimum atomic E-state index is -0.297. The van der Waals surface area contributed by atoms with Crippen molar-refractivity contribution in [2.45, 2.75) is 25.9 Å². The van der Waals surface area contributed by atoms with Crippen LogP contribution >= 0.6 is 0 Å². The van der Waals surface area contributed by atoms with Crippen LogP contribution in [0.2, 0.25) is 0 Å². The maximum absolute atomic E-state index is 10.7. The summed E-state index contributed by atoms with van der Waals surface area (Å²) in [6.45, 7) is 1.37. The molecule has 1 atom stereocenters. The Bertz CT molecular complexity index is 205. The fourth-order valence-electron chi connectivity index (χ4n) is 0.990. The summed E-state index contributed by atoms with van der Waals surface area (Å²) in [6, 6.07) is 0. The summed E-state index contributed by atoms with van der Waals surface area (Å²) in [5, 5.41) is 0. The van der Waals surface area contributed by atoms with Crippen molar-refractivity contribution in [1.29, 1.82) is 0 Å². The molecular weight excluding hydrogens is 144 g/mol. The standard InChI is InChI=1S/C8H10O3/c1-6(9)11-8-4-2-7(10)3-5-8/h2,4,8H,3,5H2,1H3/t8-/m0/s1. The molecule has 0 aliphatic heterocycles. The Morgan fingerprint density at radius 2 is 2.45 bits per heavy atom. The summed E-state index contributed by atoms with van der Waals surface area (Å²) in [6.07, 6.45) is 4.01. The Hall–Kier alpha value is -1.12. The first-order chi connectivity index (χ1) is 5.18. The smallest absolute Gasteiger partial charge is 0.303 e. The molecule has 0 saturated heterocycles. The Morgan fingerprint density at radius 1 is 1.73 bits per heavy atom. The van der Waals surface area contributed by atoms with E-state index in [-0.39, 0.29) is 17.9 Å². The zero-order chi connectivity index (χ0) is 8.27. The molecule has 0 radical (unpaired) electrons. The van der Waals surface area contributed by atoms with Crippen LogP contribution < -0.4 is 0 Å². The molecule has 3 heteroatoms. The van der Waals surface area contributed by atoms with Crippen molar-refractivity contribution in [2.24, 2.45) is 0 Å². The lowest BCUT2D eigenvalue weighted by Crippen LogP contribution is -2.18. The van der Waals surface area contributed by atoms with Crippen LogP contribution in [0.5, 0.6) is 0 Å². The summed E-state index contributed by atoms with van der Waals surface area (Å²) in [5.74, 6) is -0.192. The molecule has 0 aromatic heterocycles. The van der Waals surface area contributed by atoms with E-state index in [2.05, 4.69) is 0 Å². The van der Waals surface area contributed by atoms with Crippen LogP contribution in [0.15, 0.2) is 12.2 Å². The first-order valence-electron chi connectivity index (χ1n) is 3.57. The topological polar surface area (TPSA) is 43.4 Å². The zero-order valence-electron chi connectivity index (χ0n) is 6.37. The van der Waals surface area contributed by atoms with Crippen LogP contribution in [0.1, 0.15) is 19.8 Å². The summed E-state index contributed by atoms with van der Waals surface area (Å²) < 4.78 is 4.86. The molecule has 0 unspecified atom stereocenters. The summed E-state index contributed by atoms with van der Waals surface area (Å²) in [7, 11) is 0. The molecular formula is C8H10O3. The number of carbonyl (C=O) groups excluding carboxylic acids is 2. The van der Waals surface area contributed by atoms with E-state index in [0.29, 0.717) is 12.8 Å². The van der Waals surface area contributed by atoms with Crippen molar-refractivity contribution in [2.75, 3.05) is 0 Å². The average Bonchev–Trinajstić information content (AvgIpc) is 1.93. The van der Waals surface area contributed by atoms with Gasteiger partial charge >= 0.3 is 5.97 Å². The van der Waals surface area contributed by atoms with E-state index in [1.165, 1.54) is 13.0 Å². The molecule has 1 aliphatic rings. The Morgan fingerprint density at radius 3 is 2.91 bits per heavy atom. The number of allylic oxidation sites excluding steroid dienone is 1. The molecule has 0 spiro atoms. The van der Waals surface area contributed by atoms with Crippen molar-refractivity contribution in [3.8, 4) is 0 Å². The summed E-state index contributed by atoms with van der Waals surface area (Å²) >= 11 is 0. The molecule has 0 N–H and O–H groups in total. The largest absolute Gasteiger partial charge is 0.458 e. The van der Waals surface area contributed by atoms with Crippen LogP contribution in [0.4, 0.5) is 0 Å². The molecule has 0 fully saturated rings. The van der Waals surface area contributed by atoms with Gasteiger partial charge in [-0.15, -0.1) is 0 Å². The van der Waals surface area contributed by atoms with E-state index in [9.17, 15) is 9.59 Å². The van der Waals surface area contributed by atoms with Crippen molar-refractivity contribution in [1.82, 2.24) is 0 Å². The number of hydrogen-bond donors (Lipinski definition) is 0. The average molecular weight is 154 g/mol. The quantitative estimate of drug-likeness (QED) is 0.525. The van der Waals surface area contributed by atoms with Crippen molar-refractivity contribution < 1.29 is 14.3 Å². The van der Waals surface area contributed by atoms with Gasteiger partial charge in [0.25, 0.3) is 0 Å². The van der Waals surface area contributed by atoms with Crippen LogP contribution in [0, 0.1) is 0 Å². The van der Waals surface area contributed by atoms with Crippen LogP contribution in [0.3, 0.4) is 0 Å². The van der Waals surface area contributed by atoms with Gasteiger partial charge in [-0.25, -0.2) is 0 Å². The Kier molecular flexibility index (Phi) is 2.41. The van der Waals surface area contributed by atoms with Gasteiger partial charge in [-0.1, -0.05) is 0 Å². The Labute approximate surface area is 65.0 Å². The van der Waals surface area contributed by atoms with Crippen molar-refractivity contribution >= 4 is 11.8 Å². The van der Waals surface area contributed by atoms with E-state index >= 15 is 0 Å². The van der Waals surface area contributed by atoms with E-state index in [0.717, 1.165) is 0 Å². The SMILES string of the molecule is CC(=O)O[C@H]1C=CC(=O)CC1. The van der Waals surface area contributed by atoms with Gasteiger partial charge in [0.15, 0.2) is 5.78 Å². The second-order valence-electron chi connectivity index (χ2n) is 2.51. The molecule has 0 heterocycles. The molecule has 0 amide bonds. The van der Waals surface area contributed by atoms with Crippen molar-refractivity contribution in [3.05, 3.63) is 12.2 Å². The monoisotopic (exact) mass is 154 g/mol. The van der Waals surface area contributed by atoms with E-state index < -0.39 is 0 Å². The van der Waals surface area contributed by atoms with Gasteiger partial charge in [-0.2, -0.15) is 0 Å². The maximum atomic E-state index is 10.7. The van der Waals surface area contributed by atoms with Crippen LogP contribution in [0.25, 0.3) is 0 Å². The van der Waals surface area contributed by atoms with E-state index in [4.69, 9.17) is 4.74 Å². The van der Waals surface area contributed by atoms with Gasteiger partial charge in [0, 0.05) is 13.3 Å². The van der Waals surface area contributed by atoms with E-state index in [1.54, 1.807) is 6.08 Å². The molecule has 60 valence electrons. The molecule has 1 aliphatic carbocycles. The number of ether oxygens (including phenoxy) is 1. The zero-order valence-corrected chi connectivity index (χ0v) is 6.37. The first kappa shape index (κ1) is 7.98. The number of carbonyl (C=O) groups is 2. The van der Waals surface area contributed by atoms with Gasteiger partial charge in [-0.05, 0) is 18.6 Å². The van der Waals surface area contributed by atoms with Crippen molar-refractivity contribution in [3.63, 3.8) is 0 Å². The molecule has 11 heavy (non-hydrogen) atoms. The maximum Gasteiger partial charge on any atom is 0.303 e. The lowest BCUT2D eigenvalue weighted by atomic mass is 10.0. The second-order valence-corrected chi connectivity index (χ2v) is 2.51. The lowest BCUT2D eigenvalue weighted by Gasteiger charge is -2.14. The fraction of sp³-hybridized carbons (Fsp3) is 0.500. The highest BCUT2D eigenvalue weighted by Gasteiger charge is 2.14. The Balaban J connectivity index is 2.44. The van der Waals surface area contributed by atoms with Gasteiger partial charge in [0.1, 0.15) is 6.10 Å². The highest BCUT2D eigenvalue weighted by Crippen LogP contribution is 2.10. The number of hydrogen-bond acceptors (Lipinski definition) is 3. The highest BCUT2D eigenvalue weighted by molar-refractivity contribution is 5.90. The third-order valence-electron chi connectivity index (χ3n) is 1.49. The highest BCUT2D eigenvalue weighted by atomic mass is 16.5. The molecule has 0 aromatic carbocycles. The third-order valence-corrected chi connectivity index (χ3v) is 1.49. The van der Waals surface area contributed by atoms with Gasteiger partial charge in [-0.3, -0.25) is 9.59 Å². The fourth-order valence-corrected chi connectivity index (χ4v) is 0.990. The van der Waals surface area contributed by atoms with Gasteiger partial charge in [0.05, 0.1) is 0 Å². The molecule has 0 saturated carbocycles. The molecule has 1 rings (SSSR count). The molecule has 0 bridgehead atoms. The molecule has 0 aromatic rings. The lowest BCUT2D eigenvalue weighted by molar-refractivity contribution is -0.145. The first-order valence-corrected chi connectivity index (χ1v) is 3.57. The summed E-state index contributed by atoms with van der Waals surface area (Å²) in [5.41, 5.74) is 0. The predicted molar refractivity (Wildman–Crippen MR) is 38.9 cm³/mol. The molecule has 3 nitrogen and oxygen atoms in total. The number of rotatable bonds is 1. The normalized spacial score (nSPS) is 23.4. The summed E-state index contributed by atoms with van der Waals surface area (Å²) in [4.78, 5) is 21.1. The van der Waals surface area contributed by atoms with Crippen LogP contribution in [-0.2, 0) is 14.3 Å². The second kappa shape index (κ2) is 3.32. The predicted octanol–water partition coefficient (Wildman–Crippen LogP) is 0.837. The van der Waals surface area contributed by atoms with Gasteiger partial charge < -0.3 is 4.74 Å². The number of esters is 1. The van der Waals surface area contributed by atoms with Gasteiger partial charge in [0.2, 0.25) is 0 Å². The minimum Gasteiger partial charge on any atom is -0.458 e. The van der Waals surface area contributed by atoms with E-state index in [1.807, 2.05) is 0 Å². The number of ketones is 1.